The normalized spacial score (nSPS) is 11.1. The number of nitrogens with zero attached hydrogens (tertiary/aromatic N) is 2. The van der Waals surface area contributed by atoms with E-state index in [2.05, 4.69) is 4.98 Å². The molecule has 4 heteroatoms. The van der Waals surface area contributed by atoms with Crippen LogP contribution in [-0.2, 0) is 0 Å². The Labute approximate surface area is 110 Å². The number of hydrogen-bond acceptors (Lipinski definition) is 2. The first-order valence-electron chi connectivity index (χ1n) is 6.07. The average Bonchev–Trinajstić information content (AvgIpc) is 2.65. The van der Waals surface area contributed by atoms with Crippen molar-refractivity contribution in [2.45, 2.75) is 13.8 Å². The van der Waals surface area contributed by atoms with Crippen LogP contribution >= 0.6 is 0 Å². The lowest BCUT2D eigenvalue weighted by Crippen LogP contribution is -2.02. The Hall–Kier alpha value is -2.36. The summed E-state index contributed by atoms with van der Waals surface area (Å²) in [7, 11) is 0. The number of hydrogen-bond donors (Lipinski definition) is 1. The van der Waals surface area contributed by atoms with E-state index in [9.17, 15) is 4.39 Å². The molecule has 0 spiro atoms. The molecule has 2 N–H and O–H groups in total. The summed E-state index contributed by atoms with van der Waals surface area (Å²) < 4.78 is 15.4. The van der Waals surface area contributed by atoms with Crippen molar-refractivity contribution in [1.82, 2.24) is 9.55 Å². The summed E-state index contributed by atoms with van der Waals surface area (Å²) in [6, 6.07) is 10.7. The van der Waals surface area contributed by atoms with Crippen LogP contribution in [0.25, 0.3) is 16.7 Å². The van der Waals surface area contributed by atoms with Gasteiger partial charge in [0.1, 0.15) is 5.82 Å². The van der Waals surface area contributed by atoms with Crippen LogP contribution in [0.15, 0.2) is 36.4 Å². The summed E-state index contributed by atoms with van der Waals surface area (Å²) in [5.41, 5.74) is 10.3. The fourth-order valence-corrected chi connectivity index (χ4v) is 2.42. The highest BCUT2D eigenvalue weighted by Gasteiger charge is 2.12. The number of nitrogen functional groups attached to an aromatic ring is 1. The summed E-state index contributed by atoms with van der Waals surface area (Å²) in [5.74, 6) is 0.0964. The number of imidazole rings is 1. The van der Waals surface area contributed by atoms with Crippen molar-refractivity contribution >= 4 is 17.0 Å². The van der Waals surface area contributed by atoms with E-state index in [1.54, 1.807) is 4.57 Å². The standard InChI is InChI=1S/C15H14FN3/c1-9-6-11(16)8-12(7-9)19-14-10(2)4-3-5-13(14)18-15(19)17/h3-8H,1-2H3,(H2,17,18). The average molecular weight is 255 g/mol. The second-order valence-electron chi connectivity index (χ2n) is 4.73. The van der Waals surface area contributed by atoms with Gasteiger partial charge in [0.05, 0.1) is 16.7 Å². The molecule has 0 bridgehead atoms. The SMILES string of the molecule is Cc1cc(F)cc(-n2c(N)nc3cccc(C)c32)c1. The third-order valence-electron chi connectivity index (χ3n) is 3.19. The summed E-state index contributed by atoms with van der Waals surface area (Å²) in [6.07, 6.45) is 0. The van der Waals surface area contributed by atoms with Gasteiger partial charge in [-0.05, 0) is 49.2 Å². The zero-order valence-corrected chi connectivity index (χ0v) is 10.8. The van der Waals surface area contributed by atoms with E-state index in [-0.39, 0.29) is 5.82 Å². The molecule has 96 valence electrons. The lowest BCUT2D eigenvalue weighted by molar-refractivity contribution is 0.625. The number of aromatic nitrogens is 2. The number of benzene rings is 2. The maximum Gasteiger partial charge on any atom is 0.205 e. The second-order valence-corrected chi connectivity index (χ2v) is 4.73. The molecule has 0 aliphatic rings. The van der Waals surface area contributed by atoms with E-state index >= 15 is 0 Å². The minimum Gasteiger partial charge on any atom is -0.369 e. The minimum absolute atomic E-state index is 0.273. The summed E-state index contributed by atoms with van der Waals surface area (Å²) >= 11 is 0. The van der Waals surface area contributed by atoms with E-state index in [0.717, 1.165) is 22.2 Å². The molecular formula is C15H14FN3. The van der Waals surface area contributed by atoms with Crippen LogP contribution in [0, 0.1) is 19.7 Å². The predicted octanol–water partition coefficient (Wildman–Crippen LogP) is 3.36. The van der Waals surface area contributed by atoms with Gasteiger partial charge in [-0.25, -0.2) is 9.37 Å². The summed E-state index contributed by atoms with van der Waals surface area (Å²) in [4.78, 5) is 4.33. The highest BCUT2D eigenvalue weighted by molar-refractivity contribution is 5.83. The lowest BCUT2D eigenvalue weighted by Gasteiger charge is -2.09. The maximum absolute atomic E-state index is 13.6. The van der Waals surface area contributed by atoms with E-state index < -0.39 is 0 Å². The fourth-order valence-electron chi connectivity index (χ4n) is 2.42. The van der Waals surface area contributed by atoms with Gasteiger partial charge in [-0.15, -0.1) is 0 Å². The first-order chi connectivity index (χ1) is 9.06. The van der Waals surface area contributed by atoms with E-state index in [4.69, 9.17) is 5.73 Å². The molecule has 3 aromatic rings. The molecule has 0 aliphatic carbocycles. The third kappa shape index (κ3) is 1.85. The Morgan fingerprint density at radius 2 is 1.95 bits per heavy atom. The predicted molar refractivity (Wildman–Crippen MR) is 74.9 cm³/mol. The molecule has 0 saturated carbocycles. The number of halogens is 1. The van der Waals surface area contributed by atoms with E-state index in [0.29, 0.717) is 11.6 Å². The van der Waals surface area contributed by atoms with Gasteiger partial charge in [-0.3, -0.25) is 4.57 Å². The molecule has 0 amide bonds. The van der Waals surface area contributed by atoms with Gasteiger partial charge in [0.25, 0.3) is 0 Å². The number of aryl methyl sites for hydroxylation is 2. The number of para-hydroxylation sites is 1. The zero-order chi connectivity index (χ0) is 13.6. The Bertz CT molecular complexity index is 754. The van der Waals surface area contributed by atoms with Gasteiger partial charge in [-0.2, -0.15) is 0 Å². The molecule has 2 aromatic carbocycles. The first kappa shape index (κ1) is 11.7. The molecule has 1 heterocycles. The highest BCUT2D eigenvalue weighted by Crippen LogP contribution is 2.26. The molecule has 0 fully saturated rings. The molecule has 0 saturated heterocycles. The van der Waals surface area contributed by atoms with Crippen LogP contribution in [0.3, 0.4) is 0 Å². The topological polar surface area (TPSA) is 43.8 Å². The van der Waals surface area contributed by atoms with Crippen molar-refractivity contribution in [1.29, 1.82) is 0 Å². The van der Waals surface area contributed by atoms with Crippen LogP contribution in [0.2, 0.25) is 0 Å². The summed E-state index contributed by atoms with van der Waals surface area (Å²) in [5, 5.41) is 0. The van der Waals surface area contributed by atoms with Crippen molar-refractivity contribution in [3.63, 3.8) is 0 Å². The second kappa shape index (κ2) is 4.09. The summed E-state index contributed by atoms with van der Waals surface area (Å²) in [6.45, 7) is 3.85. The first-order valence-corrected chi connectivity index (χ1v) is 6.07. The highest BCUT2D eigenvalue weighted by atomic mass is 19.1. The van der Waals surface area contributed by atoms with Gasteiger partial charge < -0.3 is 5.73 Å². The molecule has 19 heavy (non-hydrogen) atoms. The third-order valence-corrected chi connectivity index (χ3v) is 3.19. The van der Waals surface area contributed by atoms with Gasteiger partial charge in [0.15, 0.2) is 0 Å². The molecule has 3 rings (SSSR count). The quantitative estimate of drug-likeness (QED) is 0.724. The number of rotatable bonds is 1. The van der Waals surface area contributed by atoms with Crippen LogP contribution in [0.1, 0.15) is 11.1 Å². The van der Waals surface area contributed by atoms with Crippen molar-refractivity contribution < 1.29 is 4.39 Å². The number of nitrogens with two attached hydrogens (primary N) is 1. The van der Waals surface area contributed by atoms with Crippen LogP contribution in [0.4, 0.5) is 10.3 Å². The van der Waals surface area contributed by atoms with Crippen molar-refractivity contribution in [3.05, 3.63) is 53.3 Å². The lowest BCUT2D eigenvalue weighted by atomic mass is 10.2. The number of fused-ring (bicyclic) bond motifs is 1. The maximum atomic E-state index is 13.6. The minimum atomic E-state index is -0.273. The molecule has 0 unspecified atom stereocenters. The fraction of sp³-hybridized carbons (Fsp3) is 0.133. The van der Waals surface area contributed by atoms with E-state index in [1.165, 1.54) is 12.1 Å². The van der Waals surface area contributed by atoms with Crippen molar-refractivity contribution in [2.24, 2.45) is 0 Å². The monoisotopic (exact) mass is 255 g/mol. The van der Waals surface area contributed by atoms with Crippen LogP contribution in [0.5, 0.6) is 0 Å². The van der Waals surface area contributed by atoms with Crippen LogP contribution < -0.4 is 5.73 Å². The molecule has 0 atom stereocenters. The van der Waals surface area contributed by atoms with Crippen molar-refractivity contribution in [2.75, 3.05) is 5.73 Å². The van der Waals surface area contributed by atoms with Gasteiger partial charge >= 0.3 is 0 Å². The molecular weight excluding hydrogens is 241 g/mol. The molecule has 0 radical (unpaired) electrons. The Morgan fingerprint density at radius 1 is 1.16 bits per heavy atom. The molecule has 1 aromatic heterocycles. The van der Waals surface area contributed by atoms with Gasteiger partial charge in [0, 0.05) is 0 Å². The molecule has 0 aliphatic heterocycles. The van der Waals surface area contributed by atoms with Crippen molar-refractivity contribution in [3.8, 4) is 5.69 Å². The van der Waals surface area contributed by atoms with Gasteiger partial charge in [0.2, 0.25) is 5.95 Å². The Kier molecular flexibility index (Phi) is 2.52. The largest absolute Gasteiger partial charge is 0.369 e. The number of anilines is 1. The Morgan fingerprint density at radius 3 is 2.68 bits per heavy atom. The van der Waals surface area contributed by atoms with Crippen LogP contribution in [-0.4, -0.2) is 9.55 Å². The van der Waals surface area contributed by atoms with E-state index in [1.807, 2.05) is 38.1 Å². The Balaban J connectivity index is 2.38. The van der Waals surface area contributed by atoms with Gasteiger partial charge in [-0.1, -0.05) is 12.1 Å². The molecule has 3 nitrogen and oxygen atoms in total. The zero-order valence-electron chi connectivity index (χ0n) is 10.8. The smallest absolute Gasteiger partial charge is 0.205 e.